The quantitative estimate of drug-likeness (QED) is 0.511. The highest BCUT2D eigenvalue weighted by Crippen LogP contribution is 2.70. The minimum Gasteiger partial charge on any atom is -0.218 e. The zero-order valence-corrected chi connectivity index (χ0v) is 8.50. The number of halogens is 11. The third-order valence-electron chi connectivity index (χ3n) is 2.41. The Hall–Kier alpha value is -0.420. The van der Waals surface area contributed by atoms with Gasteiger partial charge in [0.05, 0.1) is 0 Å². The van der Waals surface area contributed by atoms with E-state index in [0.29, 0.717) is 0 Å². The second-order valence-electron chi connectivity index (χ2n) is 3.49. The van der Waals surface area contributed by atoms with Crippen molar-refractivity contribution < 1.29 is 48.3 Å². The summed E-state index contributed by atoms with van der Waals surface area (Å²) < 4.78 is 138. The fourth-order valence-corrected chi connectivity index (χ4v) is 1.49. The third-order valence-corrected chi connectivity index (χ3v) is 2.97. The molecule has 18 heavy (non-hydrogen) atoms. The Kier molecular flexibility index (Phi) is 2.76. The van der Waals surface area contributed by atoms with Gasteiger partial charge in [-0.1, -0.05) is 0 Å². The molecule has 0 spiro atoms. The Balaban J connectivity index is 3.72. The van der Waals surface area contributed by atoms with Crippen LogP contribution in [0.5, 0.6) is 0 Å². The van der Waals surface area contributed by atoms with Gasteiger partial charge in [-0.15, -0.1) is 12.6 Å². The van der Waals surface area contributed by atoms with Crippen LogP contribution in [0.2, 0.25) is 0 Å². The number of rotatable bonds is 0. The largest absolute Gasteiger partial charge is 0.384 e. The smallest absolute Gasteiger partial charge is 0.218 e. The fourth-order valence-electron chi connectivity index (χ4n) is 1.20. The summed E-state index contributed by atoms with van der Waals surface area (Å²) in [6.07, 6.45) is 0. The Bertz CT molecular complexity index is 253. The van der Waals surface area contributed by atoms with Gasteiger partial charge in [-0.2, -0.15) is 43.9 Å². The first-order chi connectivity index (χ1) is 7.50. The number of hydrogen-bond acceptors (Lipinski definition) is 1. The standard InChI is InChI=1S/C6HF11S/c7-1(8)2(9,10)4(13,14)6(17,18)5(15,16)3(1,11)12/h18H. The van der Waals surface area contributed by atoms with E-state index in [-0.39, 0.29) is 0 Å². The zero-order valence-electron chi connectivity index (χ0n) is 7.60. The van der Waals surface area contributed by atoms with Crippen LogP contribution in [0.1, 0.15) is 0 Å². The van der Waals surface area contributed by atoms with Crippen LogP contribution in [-0.4, -0.2) is 34.6 Å². The van der Waals surface area contributed by atoms with E-state index in [4.69, 9.17) is 0 Å². The van der Waals surface area contributed by atoms with Crippen LogP contribution < -0.4 is 0 Å². The molecule has 1 aliphatic rings. The maximum Gasteiger partial charge on any atom is 0.384 e. The SMILES string of the molecule is FC1(F)C(F)(F)C(F)(F)C(F)(S)C(F)(F)C1(F)F. The molecule has 1 rings (SSSR count). The van der Waals surface area contributed by atoms with E-state index in [0.717, 1.165) is 0 Å². The lowest BCUT2D eigenvalue weighted by Gasteiger charge is -2.50. The summed E-state index contributed by atoms with van der Waals surface area (Å²) >= 11 is 1.72. The summed E-state index contributed by atoms with van der Waals surface area (Å²) in [7, 11) is 0. The van der Waals surface area contributed by atoms with Crippen LogP contribution in [0.4, 0.5) is 48.3 Å². The highest BCUT2D eigenvalue weighted by Gasteiger charge is 3.00. The van der Waals surface area contributed by atoms with Gasteiger partial charge in [-0.25, -0.2) is 4.39 Å². The van der Waals surface area contributed by atoms with E-state index in [1.54, 1.807) is 12.6 Å². The topological polar surface area (TPSA) is 0 Å². The highest BCUT2D eigenvalue weighted by molar-refractivity contribution is 7.81. The average Bonchev–Trinajstić information content (AvgIpc) is 2.14. The van der Waals surface area contributed by atoms with E-state index in [2.05, 4.69) is 0 Å². The summed E-state index contributed by atoms with van der Waals surface area (Å²) in [5, 5.41) is -6.16. The molecule has 1 aliphatic carbocycles. The molecule has 0 bridgehead atoms. The molecule has 0 aromatic carbocycles. The molecule has 0 amide bonds. The van der Waals surface area contributed by atoms with Crippen molar-refractivity contribution in [1.82, 2.24) is 0 Å². The zero-order chi connectivity index (χ0) is 15.0. The maximum absolute atomic E-state index is 12.8. The van der Waals surface area contributed by atoms with Crippen LogP contribution in [0.3, 0.4) is 0 Å². The Morgan fingerprint density at radius 1 is 0.389 bits per heavy atom. The summed E-state index contributed by atoms with van der Waals surface area (Å²) in [4.78, 5) is 0. The van der Waals surface area contributed by atoms with Crippen LogP contribution in [0.15, 0.2) is 0 Å². The molecule has 108 valence electrons. The maximum atomic E-state index is 12.8. The van der Waals surface area contributed by atoms with Gasteiger partial charge in [0.1, 0.15) is 0 Å². The van der Waals surface area contributed by atoms with Gasteiger partial charge in [-0.3, -0.25) is 0 Å². The van der Waals surface area contributed by atoms with Crippen LogP contribution in [-0.2, 0) is 0 Å². The molecule has 0 radical (unpaired) electrons. The number of thiol groups is 1. The van der Waals surface area contributed by atoms with E-state index < -0.39 is 34.6 Å². The first-order valence-corrected chi connectivity index (χ1v) is 4.25. The molecule has 1 fully saturated rings. The van der Waals surface area contributed by atoms with Crippen LogP contribution in [0.25, 0.3) is 0 Å². The molecular weight excluding hydrogens is 313 g/mol. The van der Waals surface area contributed by atoms with Crippen molar-refractivity contribution in [2.24, 2.45) is 0 Å². The van der Waals surface area contributed by atoms with Crippen molar-refractivity contribution in [1.29, 1.82) is 0 Å². The lowest BCUT2D eigenvalue weighted by molar-refractivity contribution is -0.468. The third kappa shape index (κ3) is 1.15. The second kappa shape index (κ2) is 3.18. The first-order valence-electron chi connectivity index (χ1n) is 3.80. The van der Waals surface area contributed by atoms with E-state index in [1.165, 1.54) is 0 Å². The van der Waals surface area contributed by atoms with Crippen molar-refractivity contribution >= 4 is 12.6 Å². The molecular formula is C6HF11S. The second-order valence-corrected chi connectivity index (χ2v) is 4.11. The van der Waals surface area contributed by atoms with Gasteiger partial charge in [0.25, 0.3) is 5.00 Å². The molecule has 0 heterocycles. The van der Waals surface area contributed by atoms with E-state index in [9.17, 15) is 48.3 Å². The van der Waals surface area contributed by atoms with Crippen molar-refractivity contribution in [3.8, 4) is 0 Å². The van der Waals surface area contributed by atoms with Gasteiger partial charge >= 0.3 is 29.6 Å². The first kappa shape index (κ1) is 15.6. The Labute approximate surface area is 96.5 Å². The lowest BCUT2D eigenvalue weighted by atomic mass is 9.81. The monoisotopic (exact) mass is 314 g/mol. The lowest BCUT2D eigenvalue weighted by Crippen LogP contribution is -2.82. The minimum atomic E-state index is -7.16. The molecule has 12 heteroatoms. The summed E-state index contributed by atoms with van der Waals surface area (Å²) in [5.41, 5.74) is 0. The Morgan fingerprint density at radius 2 is 0.556 bits per heavy atom. The van der Waals surface area contributed by atoms with Crippen molar-refractivity contribution in [3.63, 3.8) is 0 Å². The normalized spacial score (nSPS) is 34.0. The molecule has 0 saturated heterocycles. The highest BCUT2D eigenvalue weighted by atomic mass is 32.1. The molecule has 0 nitrogen and oxygen atoms in total. The molecule has 0 N–H and O–H groups in total. The van der Waals surface area contributed by atoms with Crippen molar-refractivity contribution in [3.05, 3.63) is 0 Å². The van der Waals surface area contributed by atoms with Crippen LogP contribution >= 0.6 is 12.6 Å². The van der Waals surface area contributed by atoms with Crippen molar-refractivity contribution in [2.45, 2.75) is 34.6 Å². The van der Waals surface area contributed by atoms with Gasteiger partial charge in [0, 0.05) is 0 Å². The van der Waals surface area contributed by atoms with Crippen molar-refractivity contribution in [2.75, 3.05) is 0 Å². The molecule has 0 aromatic heterocycles. The van der Waals surface area contributed by atoms with E-state index in [1.807, 2.05) is 0 Å². The summed E-state index contributed by atoms with van der Waals surface area (Å²) in [5.74, 6) is -34.9. The molecule has 0 aliphatic heterocycles. The Morgan fingerprint density at radius 3 is 0.778 bits per heavy atom. The number of hydrogen-bond donors (Lipinski definition) is 1. The summed E-state index contributed by atoms with van der Waals surface area (Å²) in [6, 6.07) is 0. The predicted octanol–water partition coefficient (Wildman–Crippen LogP) is 3.77. The van der Waals surface area contributed by atoms with Crippen LogP contribution in [0, 0.1) is 0 Å². The summed E-state index contributed by atoms with van der Waals surface area (Å²) in [6.45, 7) is 0. The van der Waals surface area contributed by atoms with Gasteiger partial charge in [0.2, 0.25) is 0 Å². The fraction of sp³-hybridized carbons (Fsp3) is 1.00. The van der Waals surface area contributed by atoms with Gasteiger partial charge < -0.3 is 0 Å². The van der Waals surface area contributed by atoms with Gasteiger partial charge in [-0.05, 0) is 0 Å². The predicted molar refractivity (Wildman–Crippen MR) is 37.6 cm³/mol. The molecule has 0 unspecified atom stereocenters. The molecule has 1 saturated carbocycles. The molecule has 0 aromatic rings. The molecule has 0 atom stereocenters. The minimum absolute atomic E-state index is 1.72. The average molecular weight is 314 g/mol. The van der Waals surface area contributed by atoms with Gasteiger partial charge in [0.15, 0.2) is 0 Å². The number of alkyl halides is 11. The van der Waals surface area contributed by atoms with E-state index >= 15 is 0 Å².